The van der Waals surface area contributed by atoms with Gasteiger partial charge in [-0.2, -0.15) is 11.8 Å². The lowest BCUT2D eigenvalue weighted by molar-refractivity contribution is 0.0956. The summed E-state index contributed by atoms with van der Waals surface area (Å²) in [6.07, 6.45) is 3.11. The zero-order valence-corrected chi connectivity index (χ0v) is 18.9. The van der Waals surface area contributed by atoms with Gasteiger partial charge in [0.25, 0.3) is 11.5 Å². The van der Waals surface area contributed by atoms with Crippen molar-refractivity contribution >= 4 is 38.4 Å². The molecule has 0 atom stereocenters. The number of aromatic nitrogens is 1. The van der Waals surface area contributed by atoms with E-state index >= 15 is 0 Å². The molecular formula is C23H24N2O4S2. The lowest BCUT2D eigenvalue weighted by Crippen LogP contribution is -2.27. The highest BCUT2D eigenvalue weighted by atomic mass is 32.2. The number of sulfone groups is 1. The minimum Gasteiger partial charge on any atom is -0.351 e. The fourth-order valence-electron chi connectivity index (χ4n) is 3.92. The van der Waals surface area contributed by atoms with E-state index in [1.165, 1.54) is 17.7 Å². The molecule has 8 heteroatoms. The standard InChI is InChI=1S/C23H24N2O4S2/c1-31(28,29)20-9-3-7-18(14-20)22(26)24-10-12-30-15-19-13-17-6-2-5-16-8-4-11-25(21(16)17)23(19)27/h2-3,5-7,9,13-14H,4,8,10-12,15H2,1H3,(H,24,26). The van der Waals surface area contributed by atoms with E-state index in [9.17, 15) is 18.0 Å². The van der Waals surface area contributed by atoms with Crippen molar-refractivity contribution in [3.63, 3.8) is 0 Å². The van der Waals surface area contributed by atoms with Gasteiger partial charge in [-0.15, -0.1) is 0 Å². The number of hydrogen-bond donors (Lipinski definition) is 1. The highest BCUT2D eigenvalue weighted by Gasteiger charge is 2.16. The summed E-state index contributed by atoms with van der Waals surface area (Å²) in [5, 5.41) is 3.91. The maximum atomic E-state index is 12.9. The van der Waals surface area contributed by atoms with Crippen molar-refractivity contribution in [2.75, 3.05) is 18.6 Å². The van der Waals surface area contributed by atoms with E-state index < -0.39 is 9.84 Å². The predicted molar refractivity (Wildman–Crippen MR) is 125 cm³/mol. The van der Waals surface area contributed by atoms with Crippen molar-refractivity contribution in [1.82, 2.24) is 9.88 Å². The predicted octanol–water partition coefficient (Wildman–Crippen LogP) is 3.01. The van der Waals surface area contributed by atoms with Crippen LogP contribution in [0.25, 0.3) is 10.9 Å². The van der Waals surface area contributed by atoms with E-state index in [4.69, 9.17) is 0 Å². The van der Waals surface area contributed by atoms with Crippen LogP contribution in [0.2, 0.25) is 0 Å². The number of nitrogens with one attached hydrogen (secondary N) is 1. The Kier molecular flexibility index (Phi) is 6.20. The van der Waals surface area contributed by atoms with E-state index in [2.05, 4.69) is 17.4 Å². The molecule has 0 bridgehead atoms. The fourth-order valence-corrected chi connectivity index (χ4v) is 5.40. The smallest absolute Gasteiger partial charge is 0.255 e. The van der Waals surface area contributed by atoms with Gasteiger partial charge in [-0.05, 0) is 48.1 Å². The van der Waals surface area contributed by atoms with E-state index in [0.29, 0.717) is 23.6 Å². The first-order chi connectivity index (χ1) is 14.8. The zero-order chi connectivity index (χ0) is 22.0. The molecule has 0 fully saturated rings. The van der Waals surface area contributed by atoms with Gasteiger partial charge in [0, 0.05) is 42.0 Å². The molecule has 0 spiro atoms. The Balaban J connectivity index is 1.36. The Morgan fingerprint density at radius 1 is 1.16 bits per heavy atom. The number of nitrogens with zero attached hydrogens (tertiary/aromatic N) is 1. The molecular weight excluding hydrogens is 432 g/mol. The number of carbonyl (C=O) groups excluding carboxylic acids is 1. The number of benzene rings is 2. The number of pyridine rings is 1. The number of para-hydroxylation sites is 1. The molecule has 1 aliphatic rings. The molecule has 0 saturated carbocycles. The summed E-state index contributed by atoms with van der Waals surface area (Å²) < 4.78 is 25.2. The molecule has 1 N–H and O–H groups in total. The summed E-state index contributed by atoms with van der Waals surface area (Å²) in [7, 11) is -3.36. The highest BCUT2D eigenvalue weighted by molar-refractivity contribution is 7.98. The van der Waals surface area contributed by atoms with Crippen LogP contribution in [-0.2, 0) is 28.6 Å². The number of aryl methyl sites for hydroxylation is 2. The minimum atomic E-state index is -3.36. The van der Waals surface area contributed by atoms with Crippen LogP contribution >= 0.6 is 11.8 Å². The van der Waals surface area contributed by atoms with Crippen molar-refractivity contribution in [2.24, 2.45) is 0 Å². The van der Waals surface area contributed by atoms with Crippen LogP contribution in [0.1, 0.15) is 27.9 Å². The molecule has 3 aromatic rings. The summed E-state index contributed by atoms with van der Waals surface area (Å²) >= 11 is 1.59. The molecule has 0 radical (unpaired) electrons. The Morgan fingerprint density at radius 2 is 1.97 bits per heavy atom. The van der Waals surface area contributed by atoms with E-state index in [1.54, 1.807) is 23.9 Å². The van der Waals surface area contributed by atoms with Crippen molar-refractivity contribution in [3.8, 4) is 0 Å². The fraction of sp³-hybridized carbons (Fsp3) is 0.304. The number of thioether (sulfide) groups is 1. The molecule has 2 heterocycles. The number of hydrogen-bond acceptors (Lipinski definition) is 5. The van der Waals surface area contributed by atoms with Gasteiger partial charge in [0.2, 0.25) is 0 Å². The second kappa shape index (κ2) is 8.88. The van der Waals surface area contributed by atoms with Gasteiger partial charge in [-0.3, -0.25) is 9.59 Å². The summed E-state index contributed by atoms with van der Waals surface area (Å²) in [6.45, 7) is 1.19. The Morgan fingerprint density at radius 3 is 2.77 bits per heavy atom. The number of carbonyl (C=O) groups is 1. The third-order valence-corrected chi connectivity index (χ3v) is 7.53. The lowest BCUT2D eigenvalue weighted by atomic mass is 10.0. The van der Waals surface area contributed by atoms with Gasteiger partial charge in [0.15, 0.2) is 9.84 Å². The first-order valence-electron chi connectivity index (χ1n) is 10.1. The van der Waals surface area contributed by atoms with E-state index in [0.717, 1.165) is 42.1 Å². The second-order valence-corrected chi connectivity index (χ2v) is 10.8. The monoisotopic (exact) mass is 456 g/mol. The minimum absolute atomic E-state index is 0.0776. The van der Waals surface area contributed by atoms with Crippen molar-refractivity contribution in [1.29, 1.82) is 0 Å². The largest absolute Gasteiger partial charge is 0.351 e. The molecule has 1 amide bonds. The third-order valence-electron chi connectivity index (χ3n) is 5.41. The number of amides is 1. The Labute approximate surface area is 185 Å². The third kappa shape index (κ3) is 4.70. The van der Waals surface area contributed by atoms with Crippen LogP contribution < -0.4 is 10.9 Å². The van der Waals surface area contributed by atoms with Crippen LogP contribution in [0, 0.1) is 0 Å². The van der Waals surface area contributed by atoms with Crippen molar-refractivity contribution in [3.05, 3.63) is 75.6 Å². The molecule has 4 rings (SSSR count). The van der Waals surface area contributed by atoms with Crippen LogP contribution in [0.4, 0.5) is 0 Å². The molecule has 0 saturated heterocycles. The number of rotatable bonds is 7. The quantitative estimate of drug-likeness (QED) is 0.553. The van der Waals surface area contributed by atoms with Crippen LogP contribution in [-0.4, -0.2) is 37.4 Å². The van der Waals surface area contributed by atoms with Crippen LogP contribution in [0.15, 0.2) is 58.2 Å². The Bertz CT molecular complexity index is 1310. The molecule has 6 nitrogen and oxygen atoms in total. The summed E-state index contributed by atoms with van der Waals surface area (Å²) in [4.78, 5) is 25.3. The van der Waals surface area contributed by atoms with Gasteiger partial charge < -0.3 is 9.88 Å². The summed E-state index contributed by atoms with van der Waals surface area (Å²) in [6, 6.07) is 14.2. The first-order valence-corrected chi connectivity index (χ1v) is 13.2. The van der Waals surface area contributed by atoms with Crippen LogP contribution in [0.3, 0.4) is 0 Å². The molecule has 0 unspecified atom stereocenters. The normalized spacial score (nSPS) is 13.3. The maximum Gasteiger partial charge on any atom is 0.255 e. The SMILES string of the molecule is CS(=O)(=O)c1cccc(C(=O)NCCSCc2cc3cccc4c3n(c2=O)CCC4)c1. The summed E-state index contributed by atoms with van der Waals surface area (Å²) in [5.41, 5.74) is 3.48. The van der Waals surface area contributed by atoms with Gasteiger partial charge in [-0.1, -0.05) is 24.3 Å². The first kappa shape index (κ1) is 21.6. The van der Waals surface area contributed by atoms with Crippen LogP contribution in [0.5, 0.6) is 0 Å². The maximum absolute atomic E-state index is 12.9. The van der Waals surface area contributed by atoms with Crippen molar-refractivity contribution in [2.45, 2.75) is 30.0 Å². The average Bonchev–Trinajstić information content (AvgIpc) is 2.76. The molecule has 1 aliphatic heterocycles. The van der Waals surface area contributed by atoms with E-state index in [1.807, 2.05) is 16.7 Å². The zero-order valence-electron chi connectivity index (χ0n) is 17.3. The molecule has 162 valence electrons. The van der Waals surface area contributed by atoms with Gasteiger partial charge in [0.05, 0.1) is 10.4 Å². The molecule has 0 aliphatic carbocycles. The molecule has 31 heavy (non-hydrogen) atoms. The summed E-state index contributed by atoms with van der Waals surface area (Å²) in [5.74, 6) is 0.918. The Hall–Kier alpha value is -2.58. The van der Waals surface area contributed by atoms with Gasteiger partial charge in [0.1, 0.15) is 0 Å². The second-order valence-electron chi connectivity index (χ2n) is 7.69. The average molecular weight is 457 g/mol. The van der Waals surface area contributed by atoms with Crippen molar-refractivity contribution < 1.29 is 13.2 Å². The van der Waals surface area contributed by atoms with Gasteiger partial charge in [-0.25, -0.2) is 8.42 Å². The molecule has 2 aromatic carbocycles. The van der Waals surface area contributed by atoms with E-state index in [-0.39, 0.29) is 16.4 Å². The highest BCUT2D eigenvalue weighted by Crippen LogP contribution is 2.25. The molecule has 1 aromatic heterocycles. The lowest BCUT2D eigenvalue weighted by Gasteiger charge is -2.20. The topological polar surface area (TPSA) is 85.2 Å². The van der Waals surface area contributed by atoms with Gasteiger partial charge >= 0.3 is 0 Å².